The van der Waals surface area contributed by atoms with Gasteiger partial charge in [-0.15, -0.1) is 0 Å². The molecule has 0 N–H and O–H groups in total. The second-order valence-corrected chi connectivity index (χ2v) is 5.05. The Morgan fingerprint density at radius 2 is 1.81 bits per heavy atom. The first-order valence-corrected chi connectivity index (χ1v) is 6.18. The van der Waals surface area contributed by atoms with E-state index in [1.165, 1.54) is 5.56 Å². The highest BCUT2D eigenvalue weighted by molar-refractivity contribution is 9.10. The first-order chi connectivity index (χ1) is 7.59. The van der Waals surface area contributed by atoms with Crippen LogP contribution in [0.4, 0.5) is 0 Å². The van der Waals surface area contributed by atoms with Gasteiger partial charge < -0.3 is 4.57 Å². The first-order valence-electron chi connectivity index (χ1n) is 5.39. The molecule has 0 aliphatic heterocycles. The van der Waals surface area contributed by atoms with Crippen molar-refractivity contribution in [3.8, 4) is 11.4 Å². The van der Waals surface area contributed by atoms with Crippen LogP contribution in [0.3, 0.4) is 0 Å². The Kier molecular flexibility index (Phi) is 3.15. The third-order valence-corrected chi connectivity index (χ3v) is 3.16. The molecule has 0 fully saturated rings. The van der Waals surface area contributed by atoms with E-state index >= 15 is 0 Å². The Bertz CT molecular complexity index is 483. The Morgan fingerprint density at radius 1 is 1.19 bits per heavy atom. The highest BCUT2D eigenvalue weighted by Gasteiger charge is 2.12. The highest BCUT2D eigenvalue weighted by Crippen LogP contribution is 2.26. The minimum Gasteiger partial charge on any atom is -0.316 e. The van der Waals surface area contributed by atoms with Gasteiger partial charge in [-0.1, -0.05) is 29.8 Å². The number of benzene rings is 1. The fourth-order valence-electron chi connectivity index (χ4n) is 1.75. The predicted molar refractivity (Wildman–Crippen MR) is 70.5 cm³/mol. The van der Waals surface area contributed by atoms with Crippen molar-refractivity contribution in [1.29, 1.82) is 0 Å². The standard InChI is InChI=1S/C13H15BrN2/c1-9(2)16-12(14)8-15-13(16)11-6-4-10(3)5-7-11/h4-9H,1-3H3. The van der Waals surface area contributed by atoms with Crippen LogP contribution in [0.5, 0.6) is 0 Å². The van der Waals surface area contributed by atoms with Crippen LogP contribution >= 0.6 is 15.9 Å². The Morgan fingerprint density at radius 3 is 2.38 bits per heavy atom. The monoisotopic (exact) mass is 278 g/mol. The predicted octanol–water partition coefficient (Wildman–Crippen LogP) is 4.20. The average molecular weight is 279 g/mol. The molecule has 2 nitrogen and oxygen atoms in total. The molecule has 84 valence electrons. The molecule has 1 aromatic heterocycles. The van der Waals surface area contributed by atoms with E-state index in [9.17, 15) is 0 Å². The fourth-order valence-corrected chi connectivity index (χ4v) is 2.43. The van der Waals surface area contributed by atoms with Crippen LogP contribution < -0.4 is 0 Å². The van der Waals surface area contributed by atoms with Gasteiger partial charge in [0.2, 0.25) is 0 Å². The van der Waals surface area contributed by atoms with Crippen LogP contribution in [-0.2, 0) is 0 Å². The molecular weight excluding hydrogens is 264 g/mol. The number of imidazole rings is 1. The van der Waals surface area contributed by atoms with Crippen LogP contribution in [0.1, 0.15) is 25.5 Å². The number of aromatic nitrogens is 2. The molecule has 0 saturated carbocycles. The Labute approximate surface area is 104 Å². The van der Waals surface area contributed by atoms with E-state index in [-0.39, 0.29) is 0 Å². The summed E-state index contributed by atoms with van der Waals surface area (Å²) in [5, 5.41) is 0. The maximum atomic E-state index is 4.45. The molecule has 0 saturated heterocycles. The minimum atomic E-state index is 0.396. The van der Waals surface area contributed by atoms with Gasteiger partial charge in [0.1, 0.15) is 10.4 Å². The molecule has 3 heteroatoms. The molecule has 0 bridgehead atoms. The van der Waals surface area contributed by atoms with Gasteiger partial charge in [0.25, 0.3) is 0 Å². The van der Waals surface area contributed by atoms with E-state index in [4.69, 9.17) is 0 Å². The third-order valence-electron chi connectivity index (χ3n) is 2.58. The zero-order valence-electron chi connectivity index (χ0n) is 9.74. The van der Waals surface area contributed by atoms with Crippen molar-refractivity contribution in [3.05, 3.63) is 40.6 Å². The van der Waals surface area contributed by atoms with Crippen molar-refractivity contribution in [2.24, 2.45) is 0 Å². The maximum Gasteiger partial charge on any atom is 0.141 e. The van der Waals surface area contributed by atoms with Crippen LogP contribution in [-0.4, -0.2) is 9.55 Å². The van der Waals surface area contributed by atoms with Crippen molar-refractivity contribution in [2.45, 2.75) is 26.8 Å². The van der Waals surface area contributed by atoms with Crippen LogP contribution in [0.2, 0.25) is 0 Å². The summed E-state index contributed by atoms with van der Waals surface area (Å²) in [5.41, 5.74) is 2.43. The summed E-state index contributed by atoms with van der Waals surface area (Å²) in [6.45, 7) is 6.41. The smallest absolute Gasteiger partial charge is 0.141 e. The highest BCUT2D eigenvalue weighted by atomic mass is 79.9. The second kappa shape index (κ2) is 4.42. The summed E-state index contributed by atoms with van der Waals surface area (Å²) < 4.78 is 3.21. The number of nitrogens with zero attached hydrogens (tertiary/aromatic N) is 2. The molecule has 1 heterocycles. The summed E-state index contributed by atoms with van der Waals surface area (Å²) in [4.78, 5) is 4.45. The molecule has 0 amide bonds. The number of hydrogen-bond acceptors (Lipinski definition) is 1. The quantitative estimate of drug-likeness (QED) is 0.805. The topological polar surface area (TPSA) is 17.8 Å². The lowest BCUT2D eigenvalue weighted by atomic mass is 10.1. The summed E-state index contributed by atoms with van der Waals surface area (Å²) in [6.07, 6.45) is 1.86. The zero-order valence-corrected chi connectivity index (χ0v) is 11.3. The summed E-state index contributed by atoms with van der Waals surface area (Å²) in [6, 6.07) is 8.85. The van der Waals surface area contributed by atoms with E-state index in [0.717, 1.165) is 16.0 Å². The largest absolute Gasteiger partial charge is 0.316 e. The van der Waals surface area contributed by atoms with Crippen molar-refractivity contribution < 1.29 is 0 Å². The molecule has 2 aromatic rings. The van der Waals surface area contributed by atoms with Crippen molar-refractivity contribution >= 4 is 15.9 Å². The van der Waals surface area contributed by atoms with E-state index in [2.05, 4.69) is 70.5 Å². The molecule has 0 aliphatic rings. The van der Waals surface area contributed by atoms with E-state index in [1.54, 1.807) is 0 Å². The lowest BCUT2D eigenvalue weighted by Crippen LogP contribution is -2.03. The van der Waals surface area contributed by atoms with Crippen molar-refractivity contribution in [3.63, 3.8) is 0 Å². The maximum absolute atomic E-state index is 4.45. The fraction of sp³-hybridized carbons (Fsp3) is 0.308. The number of rotatable bonds is 2. The van der Waals surface area contributed by atoms with Crippen LogP contribution in [0, 0.1) is 6.92 Å². The molecule has 16 heavy (non-hydrogen) atoms. The molecule has 0 spiro atoms. The average Bonchev–Trinajstić information content (AvgIpc) is 2.61. The molecule has 0 atom stereocenters. The molecule has 0 aliphatic carbocycles. The van der Waals surface area contributed by atoms with Crippen molar-refractivity contribution in [1.82, 2.24) is 9.55 Å². The van der Waals surface area contributed by atoms with Crippen LogP contribution in [0.25, 0.3) is 11.4 Å². The van der Waals surface area contributed by atoms with Gasteiger partial charge in [-0.25, -0.2) is 4.98 Å². The Balaban J connectivity index is 2.52. The Hall–Kier alpha value is -1.09. The van der Waals surface area contributed by atoms with Gasteiger partial charge in [0, 0.05) is 11.6 Å². The van der Waals surface area contributed by atoms with Gasteiger partial charge >= 0.3 is 0 Å². The summed E-state index contributed by atoms with van der Waals surface area (Å²) >= 11 is 3.53. The van der Waals surface area contributed by atoms with Gasteiger partial charge in [-0.3, -0.25) is 0 Å². The van der Waals surface area contributed by atoms with Gasteiger partial charge in [0.05, 0.1) is 6.20 Å². The molecule has 2 rings (SSSR count). The molecular formula is C13H15BrN2. The van der Waals surface area contributed by atoms with Crippen LogP contribution in [0.15, 0.2) is 35.1 Å². The van der Waals surface area contributed by atoms with Gasteiger partial charge in [-0.05, 0) is 36.7 Å². The molecule has 1 aromatic carbocycles. The van der Waals surface area contributed by atoms with E-state index in [1.807, 2.05) is 6.20 Å². The first kappa shape index (κ1) is 11.4. The summed E-state index contributed by atoms with van der Waals surface area (Å²) in [7, 11) is 0. The normalized spacial score (nSPS) is 11.1. The van der Waals surface area contributed by atoms with Crippen molar-refractivity contribution in [2.75, 3.05) is 0 Å². The number of halogens is 1. The number of hydrogen-bond donors (Lipinski definition) is 0. The molecule has 0 radical (unpaired) electrons. The van der Waals surface area contributed by atoms with E-state index in [0.29, 0.717) is 6.04 Å². The SMILES string of the molecule is Cc1ccc(-c2ncc(Br)n2C(C)C)cc1. The molecule has 0 unspecified atom stereocenters. The summed E-state index contributed by atoms with van der Waals surface area (Å²) in [5.74, 6) is 1.02. The minimum absolute atomic E-state index is 0.396. The lowest BCUT2D eigenvalue weighted by Gasteiger charge is -2.13. The van der Waals surface area contributed by atoms with Gasteiger partial charge in [0.15, 0.2) is 0 Å². The zero-order chi connectivity index (χ0) is 11.7. The second-order valence-electron chi connectivity index (χ2n) is 4.23. The third kappa shape index (κ3) is 2.05. The van der Waals surface area contributed by atoms with E-state index < -0.39 is 0 Å². The number of aryl methyl sites for hydroxylation is 1. The lowest BCUT2D eigenvalue weighted by molar-refractivity contribution is 0.596. The van der Waals surface area contributed by atoms with Gasteiger partial charge in [-0.2, -0.15) is 0 Å².